The summed E-state index contributed by atoms with van der Waals surface area (Å²) >= 11 is 0. The molecule has 0 aromatic carbocycles. The summed E-state index contributed by atoms with van der Waals surface area (Å²) < 4.78 is 31.9. The molecule has 8 nitrogen and oxygen atoms in total. The van der Waals surface area contributed by atoms with Gasteiger partial charge in [-0.25, -0.2) is 4.79 Å². The molecule has 0 radical (unpaired) electrons. The maximum absolute atomic E-state index is 11.3. The van der Waals surface area contributed by atoms with Crippen LogP contribution in [0.5, 0.6) is 0 Å². The SMILES string of the molecule is CC(=O)O[C@@H]1[C@H]2OC(C)(C)O[C@H]2O[C@@H]1[C@H]1COC(=O)O1. The van der Waals surface area contributed by atoms with Gasteiger partial charge in [-0.3, -0.25) is 4.79 Å². The van der Waals surface area contributed by atoms with Gasteiger partial charge in [-0.2, -0.15) is 0 Å². The largest absolute Gasteiger partial charge is 0.508 e. The fourth-order valence-electron chi connectivity index (χ4n) is 2.63. The first-order chi connectivity index (χ1) is 9.35. The zero-order valence-electron chi connectivity index (χ0n) is 11.4. The molecule has 0 aliphatic carbocycles. The van der Waals surface area contributed by atoms with Crippen LogP contribution in [0.4, 0.5) is 4.79 Å². The van der Waals surface area contributed by atoms with Crippen molar-refractivity contribution in [1.29, 1.82) is 0 Å². The molecule has 3 aliphatic rings. The molecule has 0 amide bonds. The van der Waals surface area contributed by atoms with Crippen molar-refractivity contribution in [3.63, 3.8) is 0 Å². The molecule has 8 heteroatoms. The third-order valence-corrected chi connectivity index (χ3v) is 3.31. The molecule has 0 spiro atoms. The Balaban J connectivity index is 1.78. The lowest BCUT2D eigenvalue weighted by molar-refractivity contribution is -0.227. The molecule has 5 atom stereocenters. The van der Waals surface area contributed by atoms with Gasteiger partial charge in [0.1, 0.15) is 12.7 Å². The number of cyclic esters (lactones) is 2. The Hall–Kier alpha value is -1.38. The number of carbonyl (C=O) groups is 2. The van der Waals surface area contributed by atoms with E-state index in [1.165, 1.54) is 6.92 Å². The van der Waals surface area contributed by atoms with Crippen molar-refractivity contribution in [1.82, 2.24) is 0 Å². The summed E-state index contributed by atoms with van der Waals surface area (Å²) in [5.41, 5.74) is 0. The summed E-state index contributed by atoms with van der Waals surface area (Å²) in [6.07, 6.45) is -4.01. The first-order valence-electron chi connectivity index (χ1n) is 6.37. The first kappa shape index (κ1) is 13.6. The Morgan fingerprint density at radius 1 is 1.30 bits per heavy atom. The minimum atomic E-state index is -0.818. The van der Waals surface area contributed by atoms with Gasteiger partial charge in [-0.05, 0) is 13.8 Å². The van der Waals surface area contributed by atoms with Crippen LogP contribution < -0.4 is 0 Å². The van der Waals surface area contributed by atoms with Gasteiger partial charge in [0, 0.05) is 6.92 Å². The summed E-state index contributed by atoms with van der Waals surface area (Å²) in [4.78, 5) is 22.3. The molecule has 3 heterocycles. The second-order valence-corrected chi connectivity index (χ2v) is 5.36. The van der Waals surface area contributed by atoms with Crippen LogP contribution in [-0.4, -0.2) is 55.2 Å². The van der Waals surface area contributed by atoms with Gasteiger partial charge in [-0.15, -0.1) is 0 Å². The molecule has 0 aromatic rings. The molecule has 0 bridgehead atoms. The summed E-state index contributed by atoms with van der Waals surface area (Å²) in [6, 6.07) is 0. The van der Waals surface area contributed by atoms with Crippen molar-refractivity contribution in [2.45, 2.75) is 57.3 Å². The van der Waals surface area contributed by atoms with Crippen LogP contribution in [0, 0.1) is 0 Å². The van der Waals surface area contributed by atoms with Crippen LogP contribution in [0.3, 0.4) is 0 Å². The van der Waals surface area contributed by atoms with E-state index < -0.39 is 48.6 Å². The molecule has 112 valence electrons. The first-order valence-corrected chi connectivity index (χ1v) is 6.37. The highest BCUT2D eigenvalue weighted by atomic mass is 16.9. The average Bonchev–Trinajstić information content (AvgIpc) is 2.93. The Kier molecular flexibility index (Phi) is 3.11. The molecule has 0 aromatic heterocycles. The van der Waals surface area contributed by atoms with Crippen LogP contribution in [0.1, 0.15) is 20.8 Å². The Bertz CT molecular complexity index is 433. The number of hydrogen-bond donors (Lipinski definition) is 0. The van der Waals surface area contributed by atoms with E-state index in [9.17, 15) is 9.59 Å². The Morgan fingerprint density at radius 3 is 2.65 bits per heavy atom. The standard InChI is InChI=1S/C12H16O8/c1-5(13)16-8-7(6-4-15-11(14)17-6)18-10-9(8)19-12(2,3)20-10/h6-10H,4H2,1-3H3/t6-,7-,8+,9-,10-/m1/s1. The highest BCUT2D eigenvalue weighted by molar-refractivity contribution is 5.66. The number of ether oxygens (including phenoxy) is 6. The molecular formula is C12H16O8. The summed E-state index contributed by atoms with van der Waals surface area (Å²) in [7, 11) is 0. The van der Waals surface area contributed by atoms with Crippen molar-refractivity contribution in [3.8, 4) is 0 Å². The molecule has 0 saturated carbocycles. The Morgan fingerprint density at radius 2 is 2.05 bits per heavy atom. The minimum absolute atomic E-state index is 0.0457. The van der Waals surface area contributed by atoms with E-state index in [1.54, 1.807) is 13.8 Å². The number of hydrogen-bond acceptors (Lipinski definition) is 8. The monoisotopic (exact) mass is 288 g/mol. The number of carbonyl (C=O) groups excluding carboxylic acids is 2. The summed E-state index contributed by atoms with van der Waals surface area (Å²) in [6.45, 7) is 4.83. The van der Waals surface area contributed by atoms with E-state index >= 15 is 0 Å². The zero-order valence-corrected chi connectivity index (χ0v) is 11.4. The second-order valence-electron chi connectivity index (χ2n) is 5.36. The molecular weight excluding hydrogens is 272 g/mol. The molecule has 20 heavy (non-hydrogen) atoms. The van der Waals surface area contributed by atoms with E-state index in [0.29, 0.717) is 0 Å². The minimum Gasteiger partial charge on any atom is -0.457 e. The van der Waals surface area contributed by atoms with E-state index in [-0.39, 0.29) is 6.61 Å². The predicted octanol–water partition coefficient (Wildman–Crippen LogP) is 0.330. The van der Waals surface area contributed by atoms with Crippen LogP contribution in [0.25, 0.3) is 0 Å². The molecule has 0 N–H and O–H groups in total. The van der Waals surface area contributed by atoms with Crippen LogP contribution in [-0.2, 0) is 33.2 Å². The van der Waals surface area contributed by atoms with Gasteiger partial charge in [0.2, 0.25) is 0 Å². The fourth-order valence-corrected chi connectivity index (χ4v) is 2.63. The topological polar surface area (TPSA) is 89.5 Å². The average molecular weight is 288 g/mol. The normalized spacial score (nSPS) is 42.0. The van der Waals surface area contributed by atoms with Gasteiger partial charge < -0.3 is 28.4 Å². The van der Waals surface area contributed by atoms with E-state index in [0.717, 1.165) is 0 Å². The van der Waals surface area contributed by atoms with E-state index in [2.05, 4.69) is 0 Å². The third kappa shape index (κ3) is 2.34. The van der Waals surface area contributed by atoms with Crippen molar-refractivity contribution >= 4 is 12.1 Å². The second kappa shape index (κ2) is 4.57. The van der Waals surface area contributed by atoms with E-state index in [1.807, 2.05) is 0 Å². The highest BCUT2D eigenvalue weighted by Crippen LogP contribution is 2.40. The molecule has 3 saturated heterocycles. The fraction of sp³-hybridized carbons (Fsp3) is 0.833. The number of esters is 1. The van der Waals surface area contributed by atoms with Gasteiger partial charge in [-0.1, -0.05) is 0 Å². The van der Waals surface area contributed by atoms with Crippen LogP contribution in [0.2, 0.25) is 0 Å². The third-order valence-electron chi connectivity index (χ3n) is 3.31. The highest BCUT2D eigenvalue weighted by Gasteiger charge is 2.59. The summed E-state index contributed by atoms with van der Waals surface area (Å²) in [5, 5.41) is 0. The Labute approximate surface area is 115 Å². The zero-order chi connectivity index (χ0) is 14.5. The lowest BCUT2D eigenvalue weighted by atomic mass is 10.1. The van der Waals surface area contributed by atoms with Crippen LogP contribution in [0.15, 0.2) is 0 Å². The van der Waals surface area contributed by atoms with Gasteiger partial charge >= 0.3 is 12.1 Å². The quantitative estimate of drug-likeness (QED) is 0.671. The maximum atomic E-state index is 11.3. The summed E-state index contributed by atoms with van der Waals surface area (Å²) in [5.74, 6) is -1.29. The molecule has 3 fully saturated rings. The molecule has 3 aliphatic heterocycles. The maximum Gasteiger partial charge on any atom is 0.508 e. The predicted molar refractivity (Wildman–Crippen MR) is 60.5 cm³/mol. The smallest absolute Gasteiger partial charge is 0.457 e. The van der Waals surface area contributed by atoms with Crippen LogP contribution >= 0.6 is 0 Å². The lowest BCUT2D eigenvalue weighted by Crippen LogP contribution is -2.44. The van der Waals surface area contributed by atoms with Crippen molar-refractivity contribution in [3.05, 3.63) is 0 Å². The van der Waals surface area contributed by atoms with Crippen molar-refractivity contribution < 1.29 is 38.0 Å². The number of rotatable bonds is 2. The van der Waals surface area contributed by atoms with Crippen molar-refractivity contribution in [2.24, 2.45) is 0 Å². The lowest BCUT2D eigenvalue weighted by Gasteiger charge is -2.26. The van der Waals surface area contributed by atoms with Gasteiger partial charge in [0.05, 0.1) is 0 Å². The number of fused-ring (bicyclic) bond motifs is 1. The van der Waals surface area contributed by atoms with Gasteiger partial charge in [0.15, 0.2) is 30.4 Å². The van der Waals surface area contributed by atoms with E-state index in [4.69, 9.17) is 28.4 Å². The van der Waals surface area contributed by atoms with Gasteiger partial charge in [0.25, 0.3) is 0 Å². The molecule has 0 unspecified atom stereocenters. The molecule has 3 rings (SSSR count). The van der Waals surface area contributed by atoms with Crippen molar-refractivity contribution in [2.75, 3.05) is 6.61 Å².